The third-order valence-corrected chi connectivity index (χ3v) is 5.88. The zero-order valence-corrected chi connectivity index (χ0v) is 17.6. The number of anilines is 1. The molecule has 0 unspecified atom stereocenters. The number of rotatable bonds is 5. The smallest absolute Gasteiger partial charge is 0.246 e. The van der Waals surface area contributed by atoms with Crippen LogP contribution in [0.5, 0.6) is 0 Å². The minimum Gasteiger partial charge on any atom is -0.338 e. The van der Waals surface area contributed by atoms with Crippen LogP contribution in [0.25, 0.3) is 17.3 Å². The van der Waals surface area contributed by atoms with E-state index in [4.69, 9.17) is 0 Å². The van der Waals surface area contributed by atoms with E-state index in [2.05, 4.69) is 10.3 Å². The predicted molar refractivity (Wildman–Crippen MR) is 121 cm³/mol. The van der Waals surface area contributed by atoms with Crippen molar-refractivity contribution in [2.75, 3.05) is 18.4 Å². The van der Waals surface area contributed by atoms with Crippen molar-refractivity contribution in [1.29, 1.82) is 0 Å². The van der Waals surface area contributed by atoms with Crippen LogP contribution in [0.15, 0.2) is 65.5 Å². The lowest BCUT2D eigenvalue weighted by Gasteiger charge is -2.31. The molecule has 5 nitrogen and oxygen atoms in total. The molecule has 31 heavy (non-hydrogen) atoms. The summed E-state index contributed by atoms with van der Waals surface area (Å²) in [6, 6.07) is 13.9. The second kappa shape index (κ2) is 9.66. The lowest BCUT2D eigenvalue weighted by Crippen LogP contribution is -2.43. The lowest BCUT2D eigenvalue weighted by molar-refractivity contribution is -0.130. The molecule has 1 saturated heterocycles. The van der Waals surface area contributed by atoms with Gasteiger partial charge in [-0.3, -0.25) is 9.59 Å². The molecule has 3 aromatic rings. The first-order chi connectivity index (χ1) is 15.1. The Hall–Kier alpha value is -3.32. The molecule has 1 N–H and O–H groups in total. The molecule has 1 aliphatic heterocycles. The second-order valence-electron chi connectivity index (χ2n) is 7.42. The summed E-state index contributed by atoms with van der Waals surface area (Å²) in [6.45, 7) is 0.940. The molecule has 1 fully saturated rings. The van der Waals surface area contributed by atoms with Crippen molar-refractivity contribution in [3.05, 3.63) is 76.9 Å². The Morgan fingerprint density at radius 1 is 1.16 bits per heavy atom. The molecule has 2 heterocycles. The van der Waals surface area contributed by atoms with Gasteiger partial charge in [0.2, 0.25) is 11.8 Å². The Kier molecular flexibility index (Phi) is 6.52. The first-order valence-electron chi connectivity index (χ1n) is 10.1. The highest BCUT2D eigenvalue weighted by Crippen LogP contribution is 2.23. The fourth-order valence-electron chi connectivity index (χ4n) is 3.59. The molecule has 4 rings (SSSR count). The Bertz CT molecular complexity index is 1080. The van der Waals surface area contributed by atoms with Gasteiger partial charge < -0.3 is 10.2 Å². The summed E-state index contributed by atoms with van der Waals surface area (Å²) in [5.41, 5.74) is 4.77. The van der Waals surface area contributed by atoms with Crippen LogP contribution in [0, 0.1) is 11.7 Å². The summed E-state index contributed by atoms with van der Waals surface area (Å²) in [7, 11) is 0. The van der Waals surface area contributed by atoms with Gasteiger partial charge in [-0.05, 0) is 37.1 Å². The summed E-state index contributed by atoms with van der Waals surface area (Å²) in [6.07, 6.45) is 4.32. The molecule has 2 aromatic carbocycles. The normalized spacial score (nSPS) is 16.4. The number of amides is 2. The van der Waals surface area contributed by atoms with E-state index in [9.17, 15) is 14.0 Å². The van der Waals surface area contributed by atoms with Crippen LogP contribution in [-0.2, 0) is 9.59 Å². The second-order valence-corrected chi connectivity index (χ2v) is 8.14. The van der Waals surface area contributed by atoms with E-state index in [1.807, 2.05) is 29.6 Å². The zero-order chi connectivity index (χ0) is 21.6. The number of benzene rings is 2. The van der Waals surface area contributed by atoms with E-state index in [-0.39, 0.29) is 23.5 Å². The standard InChI is InChI=1S/C24H22FN3O2S/c25-21-6-2-1-4-17(21)9-12-23(29)28-13-3-5-19(14-28)24(30)27-20-10-7-18(8-11-20)22-15-31-16-26-22/h1-2,4,6-12,15-16,19H,3,5,13-14H2,(H,27,30)/b12-9+/t19-/m1/s1. The Labute approximate surface area is 184 Å². The number of nitrogens with one attached hydrogen (secondary N) is 1. The van der Waals surface area contributed by atoms with Crippen LogP contribution in [-0.4, -0.2) is 34.8 Å². The summed E-state index contributed by atoms with van der Waals surface area (Å²) < 4.78 is 13.7. The molecular weight excluding hydrogens is 413 g/mol. The summed E-state index contributed by atoms with van der Waals surface area (Å²) >= 11 is 1.54. The van der Waals surface area contributed by atoms with Gasteiger partial charge in [0.15, 0.2) is 0 Å². The number of hydrogen-bond donors (Lipinski definition) is 1. The SMILES string of the molecule is O=C(Nc1ccc(-c2cscn2)cc1)[C@@H]1CCCN(C(=O)/C=C/c2ccccc2F)C1. The van der Waals surface area contributed by atoms with E-state index in [1.165, 1.54) is 29.6 Å². The molecule has 7 heteroatoms. The molecule has 0 radical (unpaired) electrons. The lowest BCUT2D eigenvalue weighted by atomic mass is 9.96. The molecular formula is C24H22FN3O2S. The van der Waals surface area contributed by atoms with Crippen molar-refractivity contribution in [2.45, 2.75) is 12.8 Å². The van der Waals surface area contributed by atoms with Crippen LogP contribution < -0.4 is 5.32 Å². The number of halogens is 1. The first-order valence-corrected chi connectivity index (χ1v) is 11.1. The van der Waals surface area contributed by atoms with Gasteiger partial charge in [0.05, 0.1) is 17.1 Å². The maximum atomic E-state index is 13.7. The van der Waals surface area contributed by atoms with Gasteiger partial charge in [0, 0.05) is 41.4 Å². The van der Waals surface area contributed by atoms with Gasteiger partial charge in [-0.15, -0.1) is 11.3 Å². The molecule has 2 amide bonds. The largest absolute Gasteiger partial charge is 0.338 e. The highest BCUT2D eigenvalue weighted by Gasteiger charge is 2.27. The number of aromatic nitrogens is 1. The fourth-order valence-corrected chi connectivity index (χ4v) is 4.15. The molecule has 0 spiro atoms. The topological polar surface area (TPSA) is 62.3 Å². The number of nitrogens with zero attached hydrogens (tertiary/aromatic N) is 2. The van der Waals surface area contributed by atoms with Gasteiger partial charge in [0.25, 0.3) is 0 Å². The maximum Gasteiger partial charge on any atom is 0.246 e. The third kappa shape index (κ3) is 5.24. The van der Waals surface area contributed by atoms with Crippen molar-refractivity contribution in [3.63, 3.8) is 0 Å². The van der Waals surface area contributed by atoms with Crippen LogP contribution in [0.2, 0.25) is 0 Å². The summed E-state index contributed by atoms with van der Waals surface area (Å²) in [5, 5.41) is 4.92. The third-order valence-electron chi connectivity index (χ3n) is 5.30. The Morgan fingerprint density at radius 3 is 2.71 bits per heavy atom. The number of hydrogen-bond acceptors (Lipinski definition) is 4. The number of thiazole rings is 1. The van der Waals surface area contributed by atoms with Gasteiger partial charge >= 0.3 is 0 Å². The van der Waals surface area contributed by atoms with E-state index in [1.54, 1.807) is 28.6 Å². The number of carbonyl (C=O) groups excluding carboxylic acids is 2. The minimum absolute atomic E-state index is 0.100. The highest BCUT2D eigenvalue weighted by molar-refractivity contribution is 7.07. The monoisotopic (exact) mass is 435 g/mol. The molecule has 0 aliphatic carbocycles. The van der Waals surface area contributed by atoms with Crippen LogP contribution >= 0.6 is 11.3 Å². The number of piperidine rings is 1. The van der Waals surface area contributed by atoms with Crippen molar-refractivity contribution >= 4 is 34.9 Å². The molecule has 1 aliphatic rings. The quantitative estimate of drug-likeness (QED) is 0.584. The van der Waals surface area contributed by atoms with Crippen molar-refractivity contribution in [1.82, 2.24) is 9.88 Å². The van der Waals surface area contributed by atoms with Crippen LogP contribution in [0.4, 0.5) is 10.1 Å². The van der Waals surface area contributed by atoms with Gasteiger partial charge in [-0.25, -0.2) is 9.37 Å². The van der Waals surface area contributed by atoms with E-state index < -0.39 is 0 Å². The Morgan fingerprint density at radius 2 is 1.97 bits per heavy atom. The first kappa shape index (κ1) is 20.9. The molecule has 0 saturated carbocycles. The van der Waals surface area contributed by atoms with Gasteiger partial charge in [0.1, 0.15) is 5.82 Å². The Balaban J connectivity index is 1.35. The van der Waals surface area contributed by atoms with Gasteiger partial charge in [-0.2, -0.15) is 0 Å². The van der Waals surface area contributed by atoms with Crippen LogP contribution in [0.3, 0.4) is 0 Å². The molecule has 1 aromatic heterocycles. The van der Waals surface area contributed by atoms with E-state index in [0.717, 1.165) is 24.1 Å². The average molecular weight is 436 g/mol. The van der Waals surface area contributed by atoms with Crippen molar-refractivity contribution < 1.29 is 14.0 Å². The zero-order valence-electron chi connectivity index (χ0n) is 16.8. The summed E-state index contributed by atoms with van der Waals surface area (Å²) in [4.78, 5) is 31.2. The summed E-state index contributed by atoms with van der Waals surface area (Å²) in [5.74, 6) is -0.966. The highest BCUT2D eigenvalue weighted by atomic mass is 32.1. The predicted octanol–water partition coefficient (Wildman–Crippen LogP) is 4.84. The van der Waals surface area contributed by atoms with E-state index in [0.29, 0.717) is 24.3 Å². The molecule has 158 valence electrons. The number of likely N-dealkylation sites (tertiary alicyclic amines) is 1. The van der Waals surface area contributed by atoms with Gasteiger partial charge in [-0.1, -0.05) is 30.3 Å². The van der Waals surface area contributed by atoms with Crippen LogP contribution in [0.1, 0.15) is 18.4 Å². The molecule has 0 bridgehead atoms. The maximum absolute atomic E-state index is 13.7. The van der Waals surface area contributed by atoms with E-state index >= 15 is 0 Å². The molecule has 1 atom stereocenters. The number of carbonyl (C=O) groups is 2. The van der Waals surface area contributed by atoms with Crippen molar-refractivity contribution in [3.8, 4) is 11.3 Å². The van der Waals surface area contributed by atoms with Crippen molar-refractivity contribution in [2.24, 2.45) is 5.92 Å². The average Bonchev–Trinajstić information content (AvgIpc) is 3.34. The fraction of sp³-hybridized carbons (Fsp3) is 0.208. The minimum atomic E-state index is -0.372.